The molecule has 2 aliphatic heterocycles. The topological polar surface area (TPSA) is 38.1 Å². The van der Waals surface area contributed by atoms with E-state index in [0.29, 0.717) is 18.6 Å². The van der Waals surface area contributed by atoms with E-state index in [0.717, 1.165) is 51.6 Å². The molecule has 5 heteroatoms. The van der Waals surface area contributed by atoms with Gasteiger partial charge in [-0.1, -0.05) is 0 Å². The first-order valence-electron chi connectivity index (χ1n) is 8.73. The zero-order valence-corrected chi connectivity index (χ0v) is 14.7. The molecule has 1 aromatic heterocycles. The molecule has 0 amide bonds. The monoisotopic (exact) mass is 322 g/mol. The molecule has 0 saturated carbocycles. The molecule has 0 bridgehead atoms. The molecule has 0 aromatic carbocycles. The van der Waals surface area contributed by atoms with Crippen molar-refractivity contribution >= 4 is 0 Å². The summed E-state index contributed by atoms with van der Waals surface area (Å²) >= 11 is 0. The zero-order valence-electron chi connectivity index (χ0n) is 14.7. The smallest absolute Gasteiger partial charge is 0.117 e. The molecular formula is C18H30N2O3. The summed E-state index contributed by atoms with van der Waals surface area (Å²) in [7, 11) is 2.20. The third-order valence-electron chi connectivity index (χ3n) is 5.10. The van der Waals surface area contributed by atoms with Gasteiger partial charge in [0.1, 0.15) is 11.4 Å². The molecule has 5 nitrogen and oxygen atoms in total. The Bertz CT molecular complexity index is 477. The van der Waals surface area contributed by atoms with Gasteiger partial charge >= 0.3 is 0 Å². The van der Waals surface area contributed by atoms with Crippen molar-refractivity contribution in [2.45, 2.75) is 38.5 Å². The van der Waals surface area contributed by atoms with Crippen molar-refractivity contribution in [3.05, 3.63) is 24.2 Å². The number of ether oxygens (including phenoxy) is 2. The predicted octanol–water partition coefficient (Wildman–Crippen LogP) is 2.23. The molecule has 130 valence electrons. The van der Waals surface area contributed by atoms with Crippen LogP contribution in [0.15, 0.2) is 22.8 Å². The van der Waals surface area contributed by atoms with Crippen molar-refractivity contribution in [2.75, 3.05) is 46.5 Å². The maximum Gasteiger partial charge on any atom is 0.117 e. The summed E-state index contributed by atoms with van der Waals surface area (Å²) in [5.41, 5.74) is -0.147. The molecule has 1 spiro atoms. The maximum atomic E-state index is 6.28. The quantitative estimate of drug-likeness (QED) is 0.831. The van der Waals surface area contributed by atoms with Gasteiger partial charge in [0.15, 0.2) is 0 Å². The average molecular weight is 322 g/mol. The van der Waals surface area contributed by atoms with E-state index in [1.54, 1.807) is 6.26 Å². The minimum absolute atomic E-state index is 0.147. The van der Waals surface area contributed by atoms with Crippen LogP contribution in [0.5, 0.6) is 0 Å². The van der Waals surface area contributed by atoms with Gasteiger partial charge in [-0.15, -0.1) is 0 Å². The Morgan fingerprint density at radius 2 is 2.30 bits per heavy atom. The molecule has 0 radical (unpaired) electrons. The summed E-state index contributed by atoms with van der Waals surface area (Å²) in [6.45, 7) is 10.6. The van der Waals surface area contributed by atoms with E-state index in [1.807, 2.05) is 12.1 Å². The summed E-state index contributed by atoms with van der Waals surface area (Å²) in [4.78, 5) is 4.81. The lowest BCUT2D eigenvalue weighted by Gasteiger charge is -2.31. The van der Waals surface area contributed by atoms with Crippen LogP contribution in [0.4, 0.5) is 0 Å². The van der Waals surface area contributed by atoms with Crippen LogP contribution in [-0.4, -0.2) is 67.9 Å². The van der Waals surface area contributed by atoms with Crippen LogP contribution >= 0.6 is 0 Å². The SMILES string of the molecule is CC(C)N(C)C[C@H]1CO[C@]2(COCCN(Cc3ccco3)C2)C1. The Morgan fingerprint density at radius 3 is 3.04 bits per heavy atom. The largest absolute Gasteiger partial charge is 0.468 e. The Balaban J connectivity index is 1.59. The Kier molecular flexibility index (Phi) is 5.42. The van der Waals surface area contributed by atoms with E-state index >= 15 is 0 Å². The fraction of sp³-hybridized carbons (Fsp3) is 0.778. The molecule has 3 rings (SSSR count). The fourth-order valence-corrected chi connectivity index (χ4v) is 3.63. The van der Waals surface area contributed by atoms with Crippen molar-refractivity contribution in [1.82, 2.24) is 9.80 Å². The summed E-state index contributed by atoms with van der Waals surface area (Å²) in [6, 6.07) is 4.56. The van der Waals surface area contributed by atoms with Gasteiger partial charge in [-0.3, -0.25) is 4.90 Å². The van der Waals surface area contributed by atoms with Gasteiger partial charge in [-0.25, -0.2) is 0 Å². The number of hydrogen-bond donors (Lipinski definition) is 0. The molecular weight excluding hydrogens is 292 g/mol. The van der Waals surface area contributed by atoms with Gasteiger partial charge < -0.3 is 18.8 Å². The first-order chi connectivity index (χ1) is 11.1. The Morgan fingerprint density at radius 1 is 1.43 bits per heavy atom. The molecule has 23 heavy (non-hydrogen) atoms. The highest BCUT2D eigenvalue weighted by Gasteiger charge is 2.43. The van der Waals surface area contributed by atoms with Crippen LogP contribution in [-0.2, 0) is 16.0 Å². The highest BCUT2D eigenvalue weighted by atomic mass is 16.5. The van der Waals surface area contributed by atoms with Gasteiger partial charge in [0.05, 0.1) is 32.6 Å². The molecule has 0 aliphatic carbocycles. The van der Waals surface area contributed by atoms with Gasteiger partial charge in [-0.05, 0) is 45.4 Å². The predicted molar refractivity (Wildman–Crippen MR) is 89.4 cm³/mol. The van der Waals surface area contributed by atoms with Crippen molar-refractivity contribution in [1.29, 1.82) is 0 Å². The molecule has 2 fully saturated rings. The third-order valence-corrected chi connectivity index (χ3v) is 5.10. The summed E-state index contributed by atoms with van der Waals surface area (Å²) < 4.78 is 17.6. The standard InChI is InChI=1S/C18H30N2O3/c1-15(2)19(3)10-16-9-18(23-12-16)13-20(6-8-21-14-18)11-17-5-4-7-22-17/h4-5,7,15-16H,6,8-14H2,1-3H3/t16-,18+/m0/s1. The van der Waals surface area contributed by atoms with Gasteiger partial charge in [0, 0.05) is 25.7 Å². The van der Waals surface area contributed by atoms with E-state index in [2.05, 4.69) is 30.7 Å². The molecule has 0 N–H and O–H groups in total. The van der Waals surface area contributed by atoms with Crippen molar-refractivity contribution in [3.8, 4) is 0 Å². The van der Waals surface area contributed by atoms with E-state index in [4.69, 9.17) is 13.9 Å². The highest BCUT2D eigenvalue weighted by molar-refractivity contribution is 5.00. The van der Waals surface area contributed by atoms with Gasteiger partial charge in [0.25, 0.3) is 0 Å². The number of furan rings is 1. The second-order valence-electron chi connectivity index (χ2n) is 7.44. The normalized spacial score (nSPS) is 29.7. The number of rotatable bonds is 5. The van der Waals surface area contributed by atoms with Gasteiger partial charge in [0.2, 0.25) is 0 Å². The van der Waals surface area contributed by atoms with Crippen LogP contribution in [0, 0.1) is 5.92 Å². The van der Waals surface area contributed by atoms with Crippen LogP contribution in [0.25, 0.3) is 0 Å². The summed E-state index contributed by atoms with van der Waals surface area (Å²) in [5.74, 6) is 1.60. The third kappa shape index (κ3) is 4.35. The van der Waals surface area contributed by atoms with E-state index in [9.17, 15) is 0 Å². The fourth-order valence-electron chi connectivity index (χ4n) is 3.63. The highest BCUT2D eigenvalue weighted by Crippen LogP contribution is 2.33. The minimum atomic E-state index is -0.147. The minimum Gasteiger partial charge on any atom is -0.468 e. The molecule has 0 unspecified atom stereocenters. The first-order valence-corrected chi connectivity index (χ1v) is 8.73. The van der Waals surface area contributed by atoms with E-state index < -0.39 is 0 Å². The Hall–Kier alpha value is -0.880. The van der Waals surface area contributed by atoms with E-state index in [-0.39, 0.29) is 5.60 Å². The lowest BCUT2D eigenvalue weighted by atomic mass is 9.93. The second-order valence-corrected chi connectivity index (χ2v) is 7.44. The van der Waals surface area contributed by atoms with Crippen molar-refractivity contribution in [2.24, 2.45) is 5.92 Å². The lowest BCUT2D eigenvalue weighted by Crippen LogP contribution is -2.44. The molecule has 1 aromatic rings. The van der Waals surface area contributed by atoms with Gasteiger partial charge in [-0.2, -0.15) is 0 Å². The summed E-state index contributed by atoms with van der Waals surface area (Å²) in [5, 5.41) is 0. The number of hydrogen-bond acceptors (Lipinski definition) is 5. The molecule has 3 heterocycles. The molecule has 2 atom stereocenters. The average Bonchev–Trinajstić information content (AvgIpc) is 3.09. The maximum absolute atomic E-state index is 6.28. The van der Waals surface area contributed by atoms with E-state index in [1.165, 1.54) is 0 Å². The van der Waals surface area contributed by atoms with Crippen molar-refractivity contribution < 1.29 is 13.9 Å². The Labute approximate surface area is 139 Å². The van der Waals surface area contributed by atoms with Crippen LogP contribution in [0.3, 0.4) is 0 Å². The van der Waals surface area contributed by atoms with Crippen LogP contribution in [0.1, 0.15) is 26.0 Å². The number of nitrogens with zero attached hydrogens (tertiary/aromatic N) is 2. The molecule has 2 aliphatic rings. The second kappa shape index (κ2) is 7.34. The zero-order chi connectivity index (χ0) is 16.3. The first kappa shape index (κ1) is 17.0. The van der Waals surface area contributed by atoms with Crippen LogP contribution < -0.4 is 0 Å². The van der Waals surface area contributed by atoms with Crippen LogP contribution in [0.2, 0.25) is 0 Å². The van der Waals surface area contributed by atoms with Crippen molar-refractivity contribution in [3.63, 3.8) is 0 Å². The summed E-state index contributed by atoms with van der Waals surface area (Å²) in [6.07, 6.45) is 2.82. The lowest BCUT2D eigenvalue weighted by molar-refractivity contribution is -0.0566. The molecule has 2 saturated heterocycles.